The lowest BCUT2D eigenvalue weighted by molar-refractivity contribution is -0.161. The molecule has 7 atom stereocenters. The summed E-state index contributed by atoms with van der Waals surface area (Å²) in [6.07, 6.45) is 50.0. The molecule has 0 saturated heterocycles. The van der Waals surface area contributed by atoms with Crippen LogP contribution in [0.4, 0.5) is 0 Å². The fourth-order valence-corrected chi connectivity index (χ4v) is 12.5. The molecule has 91 heavy (non-hydrogen) atoms. The zero-order valence-corrected chi connectivity index (χ0v) is 60.9. The van der Waals surface area contributed by atoms with Crippen molar-refractivity contribution in [2.24, 2.45) is 11.8 Å². The van der Waals surface area contributed by atoms with E-state index < -0.39 is 97.5 Å². The Hall–Kier alpha value is -1.94. The molecule has 17 nitrogen and oxygen atoms in total. The monoisotopic (exact) mass is 1340 g/mol. The Morgan fingerprint density at radius 3 is 0.780 bits per heavy atom. The number of unbranched alkanes of at least 4 members (excludes halogenated alkanes) is 39. The van der Waals surface area contributed by atoms with Crippen LogP contribution in [0.3, 0.4) is 0 Å². The maximum absolute atomic E-state index is 13.0. The number of rotatable bonds is 71. The Morgan fingerprint density at radius 2 is 0.527 bits per heavy atom. The molecule has 3 N–H and O–H groups in total. The number of aliphatic hydroxyl groups excluding tert-OH is 1. The van der Waals surface area contributed by atoms with Gasteiger partial charge >= 0.3 is 39.5 Å². The summed E-state index contributed by atoms with van der Waals surface area (Å²) >= 11 is 0. The van der Waals surface area contributed by atoms with Crippen LogP contribution in [0.1, 0.15) is 369 Å². The van der Waals surface area contributed by atoms with Crippen LogP contribution in [-0.2, 0) is 65.4 Å². The molecule has 0 bridgehead atoms. The van der Waals surface area contributed by atoms with Crippen molar-refractivity contribution in [3.63, 3.8) is 0 Å². The SMILES string of the molecule is CCCCCCCCCCCCCCCCCCCCCC(=O)O[C@H](COC(=O)CCCCCCCCCCC(C)CC)COP(=O)(O)OC[C@@H](O)COP(=O)(O)OC[C@@H](COC(=O)CCCCCCCCCC)OC(=O)CCCCCCCCCCC(C)CC. The van der Waals surface area contributed by atoms with E-state index in [9.17, 15) is 43.2 Å². The van der Waals surface area contributed by atoms with Crippen molar-refractivity contribution < 1.29 is 80.2 Å². The molecule has 0 aliphatic carbocycles. The zero-order chi connectivity index (χ0) is 67.2. The molecule has 0 heterocycles. The highest BCUT2D eigenvalue weighted by Crippen LogP contribution is 2.45. The number of phosphoric ester groups is 2. The molecule has 0 aromatic rings. The summed E-state index contributed by atoms with van der Waals surface area (Å²) in [5.41, 5.74) is 0. The van der Waals surface area contributed by atoms with Crippen LogP contribution in [0.2, 0.25) is 0 Å². The van der Waals surface area contributed by atoms with Gasteiger partial charge in [-0.3, -0.25) is 37.3 Å². The minimum Gasteiger partial charge on any atom is -0.462 e. The molecule has 0 aromatic heterocycles. The summed E-state index contributed by atoms with van der Waals surface area (Å²) in [7, 11) is -9.90. The molecular formula is C72H140O17P2. The van der Waals surface area contributed by atoms with Crippen molar-refractivity contribution in [3.05, 3.63) is 0 Å². The summed E-state index contributed by atoms with van der Waals surface area (Å²) in [4.78, 5) is 72.5. The molecule has 540 valence electrons. The van der Waals surface area contributed by atoms with Gasteiger partial charge in [-0.25, -0.2) is 9.13 Å². The number of hydrogen-bond acceptors (Lipinski definition) is 15. The van der Waals surface area contributed by atoms with Gasteiger partial charge in [0.05, 0.1) is 26.4 Å². The predicted octanol–water partition coefficient (Wildman–Crippen LogP) is 20.8. The summed E-state index contributed by atoms with van der Waals surface area (Å²) < 4.78 is 68.3. The van der Waals surface area contributed by atoms with Gasteiger partial charge in [-0.05, 0) is 37.5 Å². The van der Waals surface area contributed by atoms with Crippen LogP contribution in [0.5, 0.6) is 0 Å². The van der Waals surface area contributed by atoms with Crippen LogP contribution >= 0.6 is 15.6 Å². The highest BCUT2D eigenvalue weighted by Gasteiger charge is 2.30. The lowest BCUT2D eigenvalue weighted by Crippen LogP contribution is -2.30. The predicted molar refractivity (Wildman–Crippen MR) is 368 cm³/mol. The highest BCUT2D eigenvalue weighted by molar-refractivity contribution is 7.47. The second kappa shape index (κ2) is 64.1. The maximum Gasteiger partial charge on any atom is 0.472 e. The van der Waals surface area contributed by atoms with E-state index in [1.54, 1.807) is 0 Å². The Morgan fingerprint density at radius 1 is 0.308 bits per heavy atom. The van der Waals surface area contributed by atoms with Crippen molar-refractivity contribution in [3.8, 4) is 0 Å². The molecule has 4 unspecified atom stereocenters. The van der Waals surface area contributed by atoms with E-state index >= 15 is 0 Å². The third-order valence-corrected chi connectivity index (χ3v) is 19.3. The van der Waals surface area contributed by atoms with E-state index in [1.807, 2.05) is 0 Å². The van der Waals surface area contributed by atoms with Gasteiger partial charge in [0.15, 0.2) is 12.2 Å². The van der Waals surface area contributed by atoms with Crippen LogP contribution < -0.4 is 0 Å². The topological polar surface area (TPSA) is 237 Å². The molecule has 0 fully saturated rings. The Bertz CT molecular complexity index is 1770. The molecule has 0 aliphatic heterocycles. The van der Waals surface area contributed by atoms with Gasteiger partial charge in [-0.2, -0.15) is 0 Å². The standard InChI is InChI=1S/C72H140O17P2/c1-7-11-13-15-17-19-20-21-22-23-24-25-26-27-28-29-38-44-50-56-71(76)88-68(61-83-70(75)55-49-43-37-32-30-34-40-46-52-64(5)9-3)63-87-91(80,81)85-59-66(73)58-84-90(78,79)86-62-67(60-82-69(74)54-48-42-36-18-16-14-12-8-2)89-72(77)57-51-45-39-33-31-35-41-47-53-65(6)10-4/h64-68,73H,7-63H2,1-6H3,(H,78,79)(H,80,81)/t64?,65?,66-,67+,68+/m0/s1. The van der Waals surface area contributed by atoms with Crippen LogP contribution in [0, 0.1) is 11.8 Å². The molecule has 0 amide bonds. The Labute approximate surface area is 556 Å². The first kappa shape index (κ1) is 89.1. The van der Waals surface area contributed by atoms with E-state index in [0.29, 0.717) is 25.7 Å². The smallest absolute Gasteiger partial charge is 0.462 e. The van der Waals surface area contributed by atoms with E-state index in [1.165, 1.54) is 180 Å². The van der Waals surface area contributed by atoms with E-state index in [2.05, 4.69) is 41.5 Å². The van der Waals surface area contributed by atoms with Crippen molar-refractivity contribution >= 4 is 39.5 Å². The second-order valence-electron chi connectivity index (χ2n) is 26.5. The summed E-state index contributed by atoms with van der Waals surface area (Å²) in [5, 5.41) is 10.6. The molecule has 0 saturated carbocycles. The number of phosphoric acid groups is 2. The van der Waals surface area contributed by atoms with Gasteiger partial charge in [-0.15, -0.1) is 0 Å². The average Bonchev–Trinajstić information content (AvgIpc) is 3.69. The van der Waals surface area contributed by atoms with Gasteiger partial charge in [-0.1, -0.05) is 318 Å². The minimum atomic E-state index is -4.95. The van der Waals surface area contributed by atoms with Gasteiger partial charge in [0.2, 0.25) is 0 Å². The van der Waals surface area contributed by atoms with Crippen LogP contribution in [-0.4, -0.2) is 96.7 Å². The summed E-state index contributed by atoms with van der Waals surface area (Å²) in [6, 6.07) is 0. The zero-order valence-electron chi connectivity index (χ0n) is 59.1. The Kier molecular flexibility index (Phi) is 62.7. The third-order valence-electron chi connectivity index (χ3n) is 17.4. The lowest BCUT2D eigenvalue weighted by Gasteiger charge is -2.21. The molecule has 0 rings (SSSR count). The molecule has 0 radical (unpaired) electrons. The van der Waals surface area contributed by atoms with Crippen molar-refractivity contribution in [2.75, 3.05) is 39.6 Å². The van der Waals surface area contributed by atoms with E-state index in [0.717, 1.165) is 108 Å². The fraction of sp³-hybridized carbons (Fsp3) is 0.944. The van der Waals surface area contributed by atoms with E-state index in [4.69, 9.17) is 37.0 Å². The third kappa shape index (κ3) is 63.9. The number of carbonyl (C=O) groups excluding carboxylic acids is 4. The van der Waals surface area contributed by atoms with Gasteiger partial charge in [0.1, 0.15) is 19.3 Å². The lowest BCUT2D eigenvalue weighted by atomic mass is 9.99. The van der Waals surface area contributed by atoms with Gasteiger partial charge in [0.25, 0.3) is 0 Å². The highest BCUT2D eigenvalue weighted by atomic mass is 31.2. The van der Waals surface area contributed by atoms with E-state index in [-0.39, 0.29) is 25.7 Å². The quantitative estimate of drug-likeness (QED) is 0.0222. The summed E-state index contributed by atoms with van der Waals surface area (Å²) in [5.74, 6) is -0.579. The fourth-order valence-electron chi connectivity index (χ4n) is 10.9. The normalized spacial score (nSPS) is 14.7. The number of esters is 4. The molecule has 0 aromatic carbocycles. The molecule has 0 spiro atoms. The first-order valence-corrected chi connectivity index (χ1v) is 40.6. The number of hydrogen-bond donors (Lipinski definition) is 3. The molecule has 19 heteroatoms. The first-order chi connectivity index (χ1) is 43.9. The number of carbonyl (C=O) groups is 4. The van der Waals surface area contributed by atoms with Crippen LogP contribution in [0.25, 0.3) is 0 Å². The molecule has 0 aliphatic rings. The maximum atomic E-state index is 13.0. The Balaban J connectivity index is 5.20. The second-order valence-corrected chi connectivity index (χ2v) is 29.4. The summed E-state index contributed by atoms with van der Waals surface area (Å²) in [6.45, 7) is 9.53. The number of ether oxygens (including phenoxy) is 4. The first-order valence-electron chi connectivity index (χ1n) is 37.6. The van der Waals surface area contributed by atoms with Crippen molar-refractivity contribution in [1.82, 2.24) is 0 Å². The van der Waals surface area contributed by atoms with Gasteiger partial charge in [0, 0.05) is 25.7 Å². The number of aliphatic hydroxyl groups is 1. The van der Waals surface area contributed by atoms with Gasteiger partial charge < -0.3 is 33.8 Å². The molecular weight excluding hydrogens is 1200 g/mol. The van der Waals surface area contributed by atoms with Crippen molar-refractivity contribution in [1.29, 1.82) is 0 Å². The average molecular weight is 1340 g/mol. The van der Waals surface area contributed by atoms with Crippen LogP contribution in [0.15, 0.2) is 0 Å². The minimum absolute atomic E-state index is 0.105. The largest absolute Gasteiger partial charge is 0.472 e. The van der Waals surface area contributed by atoms with Crippen molar-refractivity contribution in [2.45, 2.75) is 387 Å².